The summed E-state index contributed by atoms with van der Waals surface area (Å²) in [5, 5.41) is 9.56. The fourth-order valence-electron chi connectivity index (χ4n) is 2.45. The van der Waals surface area contributed by atoms with Crippen LogP contribution >= 0.6 is 0 Å². The minimum absolute atomic E-state index is 0.0515. The van der Waals surface area contributed by atoms with Gasteiger partial charge in [0.05, 0.1) is 6.10 Å². The summed E-state index contributed by atoms with van der Waals surface area (Å²) in [5.41, 5.74) is 0. The Balaban J connectivity index is 1.75. The van der Waals surface area contributed by atoms with Crippen LogP contribution in [0.5, 0.6) is 0 Å². The van der Waals surface area contributed by atoms with Crippen LogP contribution in [0.25, 0.3) is 0 Å². The molecule has 64 valence electrons. The molecule has 0 saturated heterocycles. The lowest BCUT2D eigenvalue weighted by Gasteiger charge is -2.29. The average Bonchev–Trinajstić information content (AvgIpc) is 2.27. The molecule has 0 heterocycles. The van der Waals surface area contributed by atoms with Gasteiger partial charge in [0, 0.05) is 0 Å². The van der Waals surface area contributed by atoms with E-state index in [2.05, 4.69) is 0 Å². The van der Waals surface area contributed by atoms with Gasteiger partial charge in [-0.3, -0.25) is 0 Å². The van der Waals surface area contributed by atoms with E-state index in [1.54, 1.807) is 0 Å². The summed E-state index contributed by atoms with van der Waals surface area (Å²) >= 11 is 0. The van der Waals surface area contributed by atoms with E-state index in [1.165, 1.54) is 38.5 Å². The van der Waals surface area contributed by atoms with Crippen molar-refractivity contribution in [3.8, 4) is 0 Å². The van der Waals surface area contributed by atoms with Crippen molar-refractivity contribution in [1.82, 2.24) is 0 Å². The van der Waals surface area contributed by atoms with Crippen molar-refractivity contribution in [1.29, 1.82) is 0 Å². The Hall–Kier alpha value is -0.0400. The van der Waals surface area contributed by atoms with Crippen LogP contribution in [-0.4, -0.2) is 11.2 Å². The standard InChI is InChI=1S/C10H18O/c11-10-6-2-5-9(10)7-8-3-1-4-8/h8-11H,1-7H2/t9-,10+/m0/s1. The van der Waals surface area contributed by atoms with Crippen LogP contribution in [0, 0.1) is 11.8 Å². The van der Waals surface area contributed by atoms with Crippen molar-refractivity contribution < 1.29 is 5.11 Å². The molecule has 2 fully saturated rings. The van der Waals surface area contributed by atoms with E-state index in [0.29, 0.717) is 5.92 Å². The van der Waals surface area contributed by atoms with Crippen LogP contribution in [0.15, 0.2) is 0 Å². The fourth-order valence-corrected chi connectivity index (χ4v) is 2.45. The van der Waals surface area contributed by atoms with E-state index in [9.17, 15) is 5.11 Å². The lowest BCUT2D eigenvalue weighted by atomic mass is 9.78. The average molecular weight is 154 g/mol. The van der Waals surface area contributed by atoms with E-state index in [-0.39, 0.29) is 6.10 Å². The summed E-state index contributed by atoms with van der Waals surface area (Å²) in [5.74, 6) is 1.65. The molecule has 2 saturated carbocycles. The summed E-state index contributed by atoms with van der Waals surface area (Å²) < 4.78 is 0. The van der Waals surface area contributed by atoms with Gasteiger partial charge in [0.2, 0.25) is 0 Å². The second-order valence-corrected chi connectivity index (χ2v) is 4.29. The minimum atomic E-state index is 0.0515. The Bertz CT molecular complexity index is 129. The lowest BCUT2D eigenvalue weighted by molar-refractivity contribution is 0.105. The van der Waals surface area contributed by atoms with Crippen molar-refractivity contribution in [3.05, 3.63) is 0 Å². The summed E-state index contributed by atoms with van der Waals surface area (Å²) in [6, 6.07) is 0. The Morgan fingerprint density at radius 1 is 1.00 bits per heavy atom. The molecular formula is C10H18O. The van der Waals surface area contributed by atoms with Gasteiger partial charge in [0.25, 0.3) is 0 Å². The third-order valence-corrected chi connectivity index (χ3v) is 3.48. The van der Waals surface area contributed by atoms with Gasteiger partial charge >= 0.3 is 0 Å². The maximum absolute atomic E-state index is 9.56. The molecule has 1 heteroatoms. The molecule has 0 aromatic heterocycles. The van der Waals surface area contributed by atoms with Crippen LogP contribution in [0.3, 0.4) is 0 Å². The molecule has 0 amide bonds. The van der Waals surface area contributed by atoms with Crippen molar-refractivity contribution in [2.45, 2.75) is 51.0 Å². The van der Waals surface area contributed by atoms with Gasteiger partial charge in [-0.15, -0.1) is 0 Å². The van der Waals surface area contributed by atoms with Crippen molar-refractivity contribution in [2.75, 3.05) is 0 Å². The van der Waals surface area contributed by atoms with Gasteiger partial charge in [-0.05, 0) is 31.1 Å². The molecule has 0 unspecified atom stereocenters. The van der Waals surface area contributed by atoms with Gasteiger partial charge in [-0.2, -0.15) is 0 Å². The van der Waals surface area contributed by atoms with Crippen LogP contribution in [0.2, 0.25) is 0 Å². The molecule has 1 nitrogen and oxygen atoms in total. The SMILES string of the molecule is O[C@@H]1CCC[C@H]1CC1CCC1. The normalized spacial score (nSPS) is 39.0. The number of aliphatic hydroxyl groups excluding tert-OH is 1. The monoisotopic (exact) mass is 154 g/mol. The molecule has 0 aromatic rings. The van der Waals surface area contributed by atoms with Crippen molar-refractivity contribution in [3.63, 3.8) is 0 Å². The van der Waals surface area contributed by atoms with Crippen LogP contribution in [-0.2, 0) is 0 Å². The van der Waals surface area contributed by atoms with E-state index in [1.807, 2.05) is 0 Å². The Kier molecular flexibility index (Phi) is 2.17. The van der Waals surface area contributed by atoms with Crippen LogP contribution in [0.4, 0.5) is 0 Å². The molecule has 2 aliphatic carbocycles. The molecule has 0 spiro atoms. The highest BCUT2D eigenvalue weighted by molar-refractivity contribution is 4.81. The van der Waals surface area contributed by atoms with E-state index in [4.69, 9.17) is 0 Å². The molecule has 0 radical (unpaired) electrons. The highest BCUT2D eigenvalue weighted by Gasteiger charge is 2.29. The maximum Gasteiger partial charge on any atom is 0.0568 e. The number of rotatable bonds is 2. The first-order valence-corrected chi connectivity index (χ1v) is 5.04. The summed E-state index contributed by atoms with van der Waals surface area (Å²) in [7, 11) is 0. The molecular weight excluding hydrogens is 136 g/mol. The Morgan fingerprint density at radius 2 is 1.73 bits per heavy atom. The third-order valence-electron chi connectivity index (χ3n) is 3.48. The third kappa shape index (κ3) is 1.58. The predicted octanol–water partition coefficient (Wildman–Crippen LogP) is 2.34. The van der Waals surface area contributed by atoms with E-state index < -0.39 is 0 Å². The molecule has 0 aliphatic heterocycles. The highest BCUT2D eigenvalue weighted by atomic mass is 16.3. The molecule has 11 heavy (non-hydrogen) atoms. The highest BCUT2D eigenvalue weighted by Crippen LogP contribution is 2.38. The van der Waals surface area contributed by atoms with Crippen molar-refractivity contribution in [2.24, 2.45) is 11.8 Å². The second-order valence-electron chi connectivity index (χ2n) is 4.29. The summed E-state index contributed by atoms with van der Waals surface area (Å²) in [6.45, 7) is 0. The Labute approximate surface area is 68.8 Å². The summed E-state index contributed by atoms with van der Waals surface area (Å²) in [4.78, 5) is 0. The number of hydrogen-bond donors (Lipinski definition) is 1. The smallest absolute Gasteiger partial charge is 0.0568 e. The molecule has 2 rings (SSSR count). The molecule has 1 N–H and O–H groups in total. The van der Waals surface area contributed by atoms with Crippen LogP contribution < -0.4 is 0 Å². The van der Waals surface area contributed by atoms with Gasteiger partial charge in [-0.25, -0.2) is 0 Å². The van der Waals surface area contributed by atoms with Gasteiger partial charge in [0.15, 0.2) is 0 Å². The number of hydrogen-bond acceptors (Lipinski definition) is 1. The zero-order valence-electron chi connectivity index (χ0n) is 7.13. The lowest BCUT2D eigenvalue weighted by Crippen LogP contribution is -2.20. The van der Waals surface area contributed by atoms with E-state index >= 15 is 0 Å². The Morgan fingerprint density at radius 3 is 2.18 bits per heavy atom. The largest absolute Gasteiger partial charge is 0.393 e. The van der Waals surface area contributed by atoms with Gasteiger partial charge in [-0.1, -0.05) is 25.7 Å². The first-order chi connectivity index (χ1) is 5.36. The first-order valence-electron chi connectivity index (χ1n) is 5.04. The predicted molar refractivity (Wildman–Crippen MR) is 45.3 cm³/mol. The quantitative estimate of drug-likeness (QED) is 0.647. The zero-order chi connectivity index (χ0) is 7.68. The fraction of sp³-hybridized carbons (Fsp3) is 1.00. The molecule has 0 aromatic carbocycles. The molecule has 2 atom stereocenters. The topological polar surface area (TPSA) is 20.2 Å². The zero-order valence-corrected chi connectivity index (χ0v) is 7.13. The van der Waals surface area contributed by atoms with E-state index in [0.717, 1.165) is 12.3 Å². The summed E-state index contributed by atoms with van der Waals surface area (Å²) in [6.07, 6.45) is 9.30. The maximum atomic E-state index is 9.56. The minimum Gasteiger partial charge on any atom is -0.393 e. The van der Waals surface area contributed by atoms with Gasteiger partial charge in [0.1, 0.15) is 0 Å². The van der Waals surface area contributed by atoms with Crippen molar-refractivity contribution >= 4 is 0 Å². The molecule has 2 aliphatic rings. The molecule has 0 bridgehead atoms. The second kappa shape index (κ2) is 3.14. The van der Waals surface area contributed by atoms with Crippen LogP contribution in [0.1, 0.15) is 44.9 Å². The van der Waals surface area contributed by atoms with Gasteiger partial charge < -0.3 is 5.11 Å². The first kappa shape index (κ1) is 7.60. The number of aliphatic hydroxyl groups is 1.